The van der Waals surface area contributed by atoms with Gasteiger partial charge in [-0.2, -0.15) is 0 Å². The number of halogens is 1. The van der Waals surface area contributed by atoms with E-state index in [0.29, 0.717) is 18.8 Å². The van der Waals surface area contributed by atoms with Crippen LogP contribution in [0.15, 0.2) is 48.5 Å². The summed E-state index contributed by atoms with van der Waals surface area (Å²) in [4.78, 5) is 16.1. The monoisotopic (exact) mass is 412 g/mol. The van der Waals surface area contributed by atoms with Crippen LogP contribution in [0.1, 0.15) is 31.9 Å². The Morgan fingerprint density at radius 2 is 1.69 bits per heavy atom. The topological polar surface area (TPSA) is 89.3 Å². The number of carbonyl (C=O) groups is 1. The van der Waals surface area contributed by atoms with E-state index in [1.807, 2.05) is 69.3 Å². The van der Waals surface area contributed by atoms with E-state index >= 15 is 0 Å². The summed E-state index contributed by atoms with van der Waals surface area (Å²) >= 11 is 6.17. The number of nitrogens with two attached hydrogens (primary N) is 1. The van der Waals surface area contributed by atoms with E-state index in [4.69, 9.17) is 22.1 Å². The van der Waals surface area contributed by atoms with Crippen molar-refractivity contribution in [3.05, 3.63) is 64.8 Å². The van der Waals surface area contributed by atoms with Crippen molar-refractivity contribution in [2.75, 3.05) is 11.1 Å². The SMILES string of the molecule is CC(C)(C)OC(=O)NCc1ccc(CNc2c(N)c(Cl)nc3ccccc23)cc1. The maximum absolute atomic E-state index is 11.8. The summed E-state index contributed by atoms with van der Waals surface area (Å²) < 4.78 is 5.24. The number of alkyl carbamates (subject to hydrolysis) is 1. The van der Waals surface area contributed by atoms with Crippen molar-refractivity contribution in [3.8, 4) is 0 Å². The van der Waals surface area contributed by atoms with Crippen molar-refractivity contribution >= 4 is 40.0 Å². The van der Waals surface area contributed by atoms with Gasteiger partial charge in [0.15, 0.2) is 5.15 Å². The van der Waals surface area contributed by atoms with Crippen molar-refractivity contribution in [1.29, 1.82) is 0 Å². The summed E-state index contributed by atoms with van der Waals surface area (Å²) in [5, 5.41) is 7.33. The second-order valence-corrected chi connectivity index (χ2v) is 8.09. The molecule has 3 rings (SSSR count). The second-order valence-electron chi connectivity index (χ2n) is 7.73. The summed E-state index contributed by atoms with van der Waals surface area (Å²) in [5.74, 6) is 0. The number of hydrogen-bond donors (Lipinski definition) is 3. The van der Waals surface area contributed by atoms with Gasteiger partial charge in [0, 0.05) is 18.5 Å². The zero-order valence-corrected chi connectivity index (χ0v) is 17.5. The molecule has 4 N–H and O–H groups in total. The molecule has 0 aliphatic heterocycles. The third-order valence-corrected chi connectivity index (χ3v) is 4.50. The van der Waals surface area contributed by atoms with Crippen LogP contribution in [0.3, 0.4) is 0 Å². The molecule has 0 atom stereocenters. The number of amides is 1. The zero-order valence-electron chi connectivity index (χ0n) is 16.8. The number of nitrogens with zero attached hydrogens (tertiary/aromatic N) is 1. The summed E-state index contributed by atoms with van der Waals surface area (Å²) in [5.41, 5.74) is 9.68. The average Bonchev–Trinajstić information content (AvgIpc) is 2.66. The predicted molar refractivity (Wildman–Crippen MR) is 118 cm³/mol. The summed E-state index contributed by atoms with van der Waals surface area (Å²) in [7, 11) is 0. The molecule has 0 radical (unpaired) electrons. The van der Waals surface area contributed by atoms with Crippen molar-refractivity contribution in [2.24, 2.45) is 0 Å². The van der Waals surface area contributed by atoms with E-state index in [0.717, 1.165) is 27.7 Å². The van der Waals surface area contributed by atoms with Gasteiger partial charge in [0.25, 0.3) is 0 Å². The van der Waals surface area contributed by atoms with E-state index in [1.54, 1.807) is 0 Å². The molecule has 0 aliphatic carbocycles. The number of ether oxygens (including phenoxy) is 1. The maximum Gasteiger partial charge on any atom is 0.407 e. The van der Waals surface area contributed by atoms with Crippen LogP contribution in [-0.4, -0.2) is 16.7 Å². The van der Waals surface area contributed by atoms with Crippen LogP contribution < -0.4 is 16.4 Å². The number of carbonyl (C=O) groups excluding carboxylic acids is 1. The highest BCUT2D eigenvalue weighted by Crippen LogP contribution is 2.33. The number of anilines is 2. The van der Waals surface area contributed by atoms with Crippen molar-refractivity contribution < 1.29 is 9.53 Å². The Morgan fingerprint density at radius 1 is 1.07 bits per heavy atom. The Labute approximate surface area is 175 Å². The first kappa shape index (κ1) is 20.7. The predicted octanol–water partition coefficient (Wildman–Crippen LogP) is 5.11. The first-order chi connectivity index (χ1) is 13.7. The molecule has 0 spiro atoms. The number of nitrogen functional groups attached to an aromatic ring is 1. The van der Waals surface area contributed by atoms with Crippen LogP contribution >= 0.6 is 11.6 Å². The van der Waals surface area contributed by atoms with Crippen LogP contribution in [0, 0.1) is 0 Å². The van der Waals surface area contributed by atoms with E-state index in [9.17, 15) is 4.79 Å². The highest BCUT2D eigenvalue weighted by Gasteiger charge is 2.15. The van der Waals surface area contributed by atoms with Crippen LogP contribution in [0.4, 0.5) is 16.2 Å². The molecule has 2 aromatic carbocycles. The first-order valence-corrected chi connectivity index (χ1v) is 9.73. The number of rotatable bonds is 5. The number of aromatic nitrogens is 1. The van der Waals surface area contributed by atoms with Gasteiger partial charge < -0.3 is 21.1 Å². The molecule has 0 fully saturated rings. The van der Waals surface area contributed by atoms with Gasteiger partial charge in [-0.1, -0.05) is 54.1 Å². The molecule has 0 saturated carbocycles. The Morgan fingerprint density at radius 3 is 2.34 bits per heavy atom. The average molecular weight is 413 g/mol. The minimum Gasteiger partial charge on any atom is -0.444 e. The lowest BCUT2D eigenvalue weighted by Crippen LogP contribution is -2.32. The highest BCUT2D eigenvalue weighted by molar-refractivity contribution is 6.33. The number of para-hydroxylation sites is 1. The summed E-state index contributed by atoms with van der Waals surface area (Å²) in [6.07, 6.45) is -0.430. The number of nitrogens with one attached hydrogen (secondary N) is 2. The molecular formula is C22H25ClN4O2. The Bertz CT molecular complexity index is 1010. The summed E-state index contributed by atoms with van der Waals surface area (Å²) in [6, 6.07) is 15.6. The van der Waals surface area contributed by atoms with Gasteiger partial charge in [-0.05, 0) is 38.0 Å². The van der Waals surface area contributed by atoms with Gasteiger partial charge in [-0.15, -0.1) is 0 Å². The summed E-state index contributed by atoms with van der Waals surface area (Å²) in [6.45, 7) is 6.48. The number of benzene rings is 2. The lowest BCUT2D eigenvalue weighted by atomic mass is 10.1. The highest BCUT2D eigenvalue weighted by atomic mass is 35.5. The largest absolute Gasteiger partial charge is 0.444 e. The van der Waals surface area contributed by atoms with Gasteiger partial charge in [-0.3, -0.25) is 0 Å². The number of hydrogen-bond acceptors (Lipinski definition) is 5. The van der Waals surface area contributed by atoms with E-state index in [1.165, 1.54) is 0 Å². The minimum absolute atomic E-state index is 0.287. The van der Waals surface area contributed by atoms with Crippen molar-refractivity contribution in [1.82, 2.24) is 10.3 Å². The molecule has 1 amide bonds. The third kappa shape index (κ3) is 5.51. The fraction of sp³-hybridized carbons (Fsp3) is 0.273. The van der Waals surface area contributed by atoms with E-state index in [2.05, 4.69) is 15.6 Å². The molecule has 152 valence electrons. The molecule has 0 aliphatic rings. The Balaban J connectivity index is 1.63. The lowest BCUT2D eigenvalue weighted by molar-refractivity contribution is 0.0523. The van der Waals surface area contributed by atoms with Crippen LogP contribution in [-0.2, 0) is 17.8 Å². The minimum atomic E-state index is -0.512. The lowest BCUT2D eigenvalue weighted by Gasteiger charge is -2.19. The molecule has 0 saturated heterocycles. The standard InChI is InChI=1S/C22H25ClN4O2/c1-22(2,3)29-21(28)26-13-15-10-8-14(9-11-15)12-25-19-16-6-4-5-7-17(16)27-20(23)18(19)24/h4-11H,12-13,24H2,1-3H3,(H,25,27)(H,26,28). The Kier molecular flexibility index (Phi) is 6.13. The fourth-order valence-corrected chi connectivity index (χ4v) is 3.03. The van der Waals surface area contributed by atoms with Gasteiger partial charge in [0.2, 0.25) is 0 Å². The maximum atomic E-state index is 11.8. The molecule has 6 nitrogen and oxygen atoms in total. The quantitative estimate of drug-likeness (QED) is 0.507. The van der Waals surface area contributed by atoms with Crippen molar-refractivity contribution in [2.45, 2.75) is 39.5 Å². The van der Waals surface area contributed by atoms with Crippen LogP contribution in [0.25, 0.3) is 10.9 Å². The first-order valence-electron chi connectivity index (χ1n) is 9.35. The third-order valence-electron chi connectivity index (χ3n) is 4.21. The molecule has 29 heavy (non-hydrogen) atoms. The molecule has 1 heterocycles. The zero-order chi connectivity index (χ0) is 21.0. The van der Waals surface area contributed by atoms with Gasteiger partial charge in [-0.25, -0.2) is 9.78 Å². The fourth-order valence-electron chi connectivity index (χ4n) is 2.84. The van der Waals surface area contributed by atoms with Gasteiger partial charge >= 0.3 is 6.09 Å². The molecule has 7 heteroatoms. The molecule has 1 aromatic heterocycles. The number of pyridine rings is 1. The smallest absolute Gasteiger partial charge is 0.407 e. The van der Waals surface area contributed by atoms with Gasteiger partial charge in [0.1, 0.15) is 5.60 Å². The molecule has 0 bridgehead atoms. The van der Waals surface area contributed by atoms with E-state index in [-0.39, 0.29) is 5.15 Å². The Hall–Kier alpha value is -2.99. The van der Waals surface area contributed by atoms with E-state index < -0.39 is 11.7 Å². The molecule has 0 unspecified atom stereocenters. The number of fused-ring (bicyclic) bond motifs is 1. The normalized spacial score (nSPS) is 11.3. The van der Waals surface area contributed by atoms with Crippen molar-refractivity contribution in [3.63, 3.8) is 0 Å². The van der Waals surface area contributed by atoms with Crippen LogP contribution in [0.5, 0.6) is 0 Å². The molecule has 3 aromatic rings. The van der Waals surface area contributed by atoms with Crippen LogP contribution in [0.2, 0.25) is 5.15 Å². The molecular weight excluding hydrogens is 388 g/mol. The van der Waals surface area contributed by atoms with Gasteiger partial charge in [0.05, 0.1) is 16.9 Å². The second kappa shape index (κ2) is 8.57.